The van der Waals surface area contributed by atoms with Gasteiger partial charge in [-0.15, -0.1) is 0 Å². The summed E-state index contributed by atoms with van der Waals surface area (Å²) in [6, 6.07) is 10.6. The quantitative estimate of drug-likeness (QED) is 0.392. The van der Waals surface area contributed by atoms with Gasteiger partial charge in [0, 0.05) is 0 Å². The molecule has 0 saturated carbocycles. The Morgan fingerprint density at radius 3 is 1.89 bits per heavy atom. The summed E-state index contributed by atoms with van der Waals surface area (Å²) in [5, 5.41) is 3.57. The molecule has 0 aliphatic rings. The van der Waals surface area contributed by atoms with Gasteiger partial charge in [-0.05, 0) is 69.3 Å². The van der Waals surface area contributed by atoms with E-state index in [1.54, 1.807) is 38.1 Å². The van der Waals surface area contributed by atoms with Crippen molar-refractivity contribution in [3.05, 3.63) is 54.1 Å². The van der Waals surface area contributed by atoms with Crippen molar-refractivity contribution in [2.24, 2.45) is 5.16 Å². The number of nitrogens with zero attached hydrogens (tertiary/aromatic N) is 1. The number of alkyl halides is 3. The van der Waals surface area contributed by atoms with Gasteiger partial charge in [0.05, 0.1) is 11.3 Å². The molecule has 0 fully saturated rings. The molecule has 0 spiro atoms. The molecule has 2 rings (SSSR count). The summed E-state index contributed by atoms with van der Waals surface area (Å²) in [7, 11) is 0. The smallest absolute Gasteiger partial charge is 0.416 e. The summed E-state index contributed by atoms with van der Waals surface area (Å²) >= 11 is 0. The minimum Gasteiger partial charge on any atom is -0.479 e. The number of rotatable bonds is 6. The molecule has 0 N–H and O–H groups in total. The third kappa shape index (κ3) is 6.32. The van der Waals surface area contributed by atoms with E-state index in [0.29, 0.717) is 17.2 Å². The molecule has 0 amide bonds. The van der Waals surface area contributed by atoms with E-state index in [1.807, 2.05) is 0 Å². The van der Waals surface area contributed by atoms with Crippen LogP contribution in [0, 0.1) is 0 Å². The topological polar surface area (TPSA) is 57.1 Å². The lowest BCUT2D eigenvalue weighted by molar-refractivity contribution is -0.151. The van der Waals surface area contributed by atoms with E-state index in [9.17, 15) is 18.0 Å². The van der Waals surface area contributed by atoms with Gasteiger partial charge in [-0.2, -0.15) is 13.2 Å². The normalized spacial score (nSPS) is 12.1. The number of carbonyl (C=O) groups is 1. The lowest BCUT2D eigenvalue weighted by Gasteiger charge is -2.13. The Labute approximate surface area is 154 Å². The van der Waals surface area contributed by atoms with Gasteiger partial charge in [0.2, 0.25) is 0 Å². The molecule has 5 nitrogen and oxygen atoms in total. The molecule has 0 bridgehead atoms. The summed E-state index contributed by atoms with van der Waals surface area (Å²) in [6.45, 7) is 4.90. The van der Waals surface area contributed by atoms with Crippen LogP contribution in [0.5, 0.6) is 17.2 Å². The van der Waals surface area contributed by atoms with Crippen molar-refractivity contribution in [1.82, 2.24) is 0 Å². The van der Waals surface area contributed by atoms with Crippen molar-refractivity contribution >= 4 is 11.7 Å². The van der Waals surface area contributed by atoms with Gasteiger partial charge in [0.25, 0.3) is 0 Å². The Hall–Kier alpha value is -3.03. The SMILES string of the molecule is CC(C)=NOC(=O)C(C)Oc1ccc(Oc2ccc(C(F)(F)F)cc2)cc1. The van der Waals surface area contributed by atoms with Crippen LogP contribution in [0.2, 0.25) is 0 Å². The van der Waals surface area contributed by atoms with Crippen molar-refractivity contribution in [2.75, 3.05) is 0 Å². The first kappa shape index (κ1) is 20.3. The number of benzene rings is 2. The zero-order valence-corrected chi connectivity index (χ0v) is 14.9. The van der Waals surface area contributed by atoms with Gasteiger partial charge in [-0.3, -0.25) is 0 Å². The van der Waals surface area contributed by atoms with Crippen LogP contribution in [0.15, 0.2) is 53.7 Å². The van der Waals surface area contributed by atoms with E-state index >= 15 is 0 Å². The van der Waals surface area contributed by atoms with Gasteiger partial charge < -0.3 is 14.3 Å². The number of carbonyl (C=O) groups excluding carboxylic acids is 1. The van der Waals surface area contributed by atoms with Crippen LogP contribution in [-0.2, 0) is 15.8 Å². The fraction of sp³-hybridized carbons (Fsp3) is 0.263. The van der Waals surface area contributed by atoms with Crippen molar-refractivity contribution in [2.45, 2.75) is 33.1 Å². The molecule has 1 unspecified atom stereocenters. The van der Waals surface area contributed by atoms with E-state index < -0.39 is 23.8 Å². The van der Waals surface area contributed by atoms with Gasteiger partial charge in [0.1, 0.15) is 17.2 Å². The molecule has 0 radical (unpaired) electrons. The van der Waals surface area contributed by atoms with Crippen LogP contribution < -0.4 is 9.47 Å². The highest BCUT2D eigenvalue weighted by Crippen LogP contribution is 2.31. The Bertz CT molecular complexity index is 795. The molecule has 8 heteroatoms. The molecule has 2 aromatic carbocycles. The second-order valence-corrected chi connectivity index (χ2v) is 5.80. The summed E-state index contributed by atoms with van der Waals surface area (Å²) < 4.78 is 48.6. The monoisotopic (exact) mass is 381 g/mol. The van der Waals surface area contributed by atoms with Gasteiger partial charge in [0.15, 0.2) is 6.10 Å². The van der Waals surface area contributed by atoms with E-state index in [4.69, 9.17) is 14.3 Å². The van der Waals surface area contributed by atoms with Crippen LogP contribution in [0.3, 0.4) is 0 Å². The molecular weight excluding hydrogens is 363 g/mol. The van der Waals surface area contributed by atoms with Crippen LogP contribution in [0.4, 0.5) is 13.2 Å². The number of hydrogen-bond donors (Lipinski definition) is 0. The van der Waals surface area contributed by atoms with Crippen LogP contribution in [0.1, 0.15) is 26.3 Å². The lowest BCUT2D eigenvalue weighted by atomic mass is 10.2. The number of ether oxygens (including phenoxy) is 2. The summed E-state index contributed by atoms with van der Waals surface area (Å²) in [5.74, 6) is 0.433. The Morgan fingerprint density at radius 1 is 0.926 bits per heavy atom. The first-order valence-corrected chi connectivity index (χ1v) is 7.99. The standard InChI is InChI=1S/C19H18F3NO4/c1-12(2)23-27-18(24)13(3)25-15-8-10-17(11-9-15)26-16-6-4-14(5-7-16)19(20,21)22/h4-11,13H,1-3H3. The predicted molar refractivity (Wildman–Crippen MR) is 92.9 cm³/mol. The third-order valence-corrected chi connectivity index (χ3v) is 3.20. The zero-order chi connectivity index (χ0) is 20.0. The maximum absolute atomic E-state index is 12.5. The highest BCUT2D eigenvalue weighted by atomic mass is 19.4. The number of hydrogen-bond acceptors (Lipinski definition) is 5. The fourth-order valence-corrected chi connectivity index (χ4v) is 1.90. The largest absolute Gasteiger partial charge is 0.479 e. The Morgan fingerprint density at radius 2 is 1.41 bits per heavy atom. The molecule has 0 saturated heterocycles. The van der Waals surface area contributed by atoms with E-state index in [1.165, 1.54) is 19.1 Å². The van der Waals surface area contributed by atoms with E-state index in [2.05, 4.69) is 5.16 Å². The summed E-state index contributed by atoms with van der Waals surface area (Å²) in [5.41, 5.74) is -0.151. The van der Waals surface area contributed by atoms with Gasteiger partial charge in [-0.1, -0.05) is 5.16 Å². The molecular formula is C19H18F3NO4. The van der Waals surface area contributed by atoms with Gasteiger partial charge in [-0.25, -0.2) is 4.79 Å². The highest BCUT2D eigenvalue weighted by Gasteiger charge is 2.30. The average molecular weight is 381 g/mol. The Balaban J connectivity index is 1.95. The zero-order valence-electron chi connectivity index (χ0n) is 14.9. The predicted octanol–water partition coefficient (Wildman–Crippen LogP) is 5.20. The van der Waals surface area contributed by atoms with E-state index in [0.717, 1.165) is 12.1 Å². The molecule has 0 aliphatic heterocycles. The van der Waals surface area contributed by atoms with Crippen molar-refractivity contribution < 1.29 is 32.3 Å². The minimum absolute atomic E-state index is 0.265. The van der Waals surface area contributed by atoms with Crippen molar-refractivity contribution in [1.29, 1.82) is 0 Å². The number of oxime groups is 1. The van der Waals surface area contributed by atoms with Crippen LogP contribution in [-0.4, -0.2) is 17.8 Å². The Kier molecular flexibility index (Phi) is 6.44. The third-order valence-electron chi connectivity index (χ3n) is 3.20. The molecule has 2 aromatic rings. The second-order valence-electron chi connectivity index (χ2n) is 5.80. The summed E-state index contributed by atoms with van der Waals surface area (Å²) in [6.07, 6.45) is -5.26. The molecule has 0 aromatic heterocycles. The van der Waals surface area contributed by atoms with E-state index in [-0.39, 0.29) is 5.75 Å². The minimum atomic E-state index is -4.39. The second kappa shape index (κ2) is 8.57. The molecule has 144 valence electrons. The molecule has 0 heterocycles. The first-order valence-electron chi connectivity index (χ1n) is 7.99. The maximum Gasteiger partial charge on any atom is 0.416 e. The van der Waals surface area contributed by atoms with Crippen LogP contribution in [0.25, 0.3) is 0 Å². The molecule has 27 heavy (non-hydrogen) atoms. The first-order chi connectivity index (χ1) is 12.6. The molecule has 0 aliphatic carbocycles. The highest BCUT2D eigenvalue weighted by molar-refractivity contribution is 5.80. The maximum atomic E-state index is 12.5. The lowest BCUT2D eigenvalue weighted by Crippen LogP contribution is -2.24. The summed E-state index contributed by atoms with van der Waals surface area (Å²) in [4.78, 5) is 16.4. The van der Waals surface area contributed by atoms with Crippen molar-refractivity contribution in [3.63, 3.8) is 0 Å². The van der Waals surface area contributed by atoms with Gasteiger partial charge >= 0.3 is 12.1 Å². The van der Waals surface area contributed by atoms with Crippen LogP contribution >= 0.6 is 0 Å². The fourth-order valence-electron chi connectivity index (χ4n) is 1.90. The molecule has 1 atom stereocenters. The van der Waals surface area contributed by atoms with Crippen molar-refractivity contribution in [3.8, 4) is 17.2 Å². The number of halogens is 3. The average Bonchev–Trinajstić information content (AvgIpc) is 2.61.